The smallest absolute Gasteiger partial charge is 0.416 e. The number of rotatable bonds is 9. The first kappa shape index (κ1) is 30.1. The van der Waals surface area contributed by atoms with Crippen molar-refractivity contribution in [1.82, 2.24) is 19.8 Å². The highest BCUT2D eigenvalue weighted by molar-refractivity contribution is 7.16. The molecule has 0 unspecified atom stereocenters. The fourth-order valence-electron chi connectivity index (χ4n) is 5.37. The molecule has 0 bridgehead atoms. The molecule has 2 aromatic heterocycles. The van der Waals surface area contributed by atoms with Gasteiger partial charge in [0.1, 0.15) is 5.82 Å². The van der Waals surface area contributed by atoms with E-state index in [9.17, 15) is 22.4 Å². The Bertz CT molecular complexity index is 1430. The van der Waals surface area contributed by atoms with Crippen molar-refractivity contribution in [3.63, 3.8) is 0 Å². The van der Waals surface area contributed by atoms with Crippen LogP contribution in [0.1, 0.15) is 36.6 Å². The number of thiazole rings is 1. The number of carboxylic acid groups (broad SMARTS) is 1. The summed E-state index contributed by atoms with van der Waals surface area (Å²) in [5.41, 5.74) is -0.575. The molecule has 14 heteroatoms. The predicted molar refractivity (Wildman–Crippen MR) is 150 cm³/mol. The van der Waals surface area contributed by atoms with Crippen molar-refractivity contribution in [2.24, 2.45) is 0 Å². The minimum Gasteiger partial charge on any atom is -0.481 e. The van der Waals surface area contributed by atoms with E-state index >= 15 is 4.39 Å². The molecule has 0 aliphatic carbocycles. The number of hydrogen-bond acceptors (Lipinski definition) is 8. The summed E-state index contributed by atoms with van der Waals surface area (Å²) >= 11 is 1.17. The molecule has 1 atom stereocenters. The van der Waals surface area contributed by atoms with E-state index in [2.05, 4.69) is 27.1 Å². The van der Waals surface area contributed by atoms with Gasteiger partial charge in [0.05, 0.1) is 23.4 Å². The van der Waals surface area contributed by atoms with Crippen LogP contribution in [0.25, 0.3) is 11.3 Å². The maximum Gasteiger partial charge on any atom is 0.416 e. The van der Waals surface area contributed by atoms with Gasteiger partial charge in [-0.15, -0.1) is 0 Å². The van der Waals surface area contributed by atoms with Crippen LogP contribution in [-0.4, -0.2) is 76.2 Å². The van der Waals surface area contributed by atoms with Crippen LogP contribution in [-0.2, 0) is 17.5 Å². The number of hydrogen-bond donors (Lipinski definition) is 2. The first-order valence-corrected chi connectivity index (χ1v) is 14.5. The summed E-state index contributed by atoms with van der Waals surface area (Å²) in [5, 5.41) is 12.0. The molecule has 1 aromatic carbocycles. The number of alkyl halides is 3. The Morgan fingerprint density at radius 2 is 1.90 bits per heavy atom. The molecule has 3 aromatic rings. The molecule has 2 aliphatic heterocycles. The van der Waals surface area contributed by atoms with Crippen LogP contribution in [0, 0.1) is 11.6 Å². The van der Waals surface area contributed by atoms with E-state index in [1.165, 1.54) is 17.5 Å². The van der Waals surface area contributed by atoms with Crippen LogP contribution in [0.15, 0.2) is 30.5 Å². The predicted octanol–water partition coefficient (Wildman–Crippen LogP) is 5.83. The van der Waals surface area contributed by atoms with Crippen molar-refractivity contribution in [2.45, 2.75) is 44.9 Å². The average molecular weight is 611 g/mol. The zero-order valence-electron chi connectivity index (χ0n) is 22.9. The van der Waals surface area contributed by atoms with Crippen LogP contribution in [0.2, 0.25) is 0 Å². The Morgan fingerprint density at radius 1 is 1.14 bits per heavy atom. The van der Waals surface area contributed by atoms with Crippen LogP contribution in [0.5, 0.6) is 0 Å². The zero-order chi connectivity index (χ0) is 30.0. The molecule has 5 rings (SSSR count). The molecule has 2 fully saturated rings. The third-order valence-electron chi connectivity index (χ3n) is 7.68. The zero-order valence-corrected chi connectivity index (χ0v) is 23.7. The summed E-state index contributed by atoms with van der Waals surface area (Å²) in [7, 11) is 0. The maximum absolute atomic E-state index is 15.7. The van der Waals surface area contributed by atoms with Crippen LogP contribution in [0.3, 0.4) is 0 Å². The van der Waals surface area contributed by atoms with Gasteiger partial charge in [0.25, 0.3) is 0 Å². The lowest BCUT2D eigenvalue weighted by atomic mass is 10.1. The van der Waals surface area contributed by atoms with Crippen LogP contribution in [0.4, 0.5) is 38.6 Å². The van der Waals surface area contributed by atoms with Gasteiger partial charge in [-0.3, -0.25) is 14.6 Å². The van der Waals surface area contributed by atoms with Gasteiger partial charge in [0.2, 0.25) is 0 Å². The fraction of sp³-hybridized carbons (Fsp3) is 0.464. The van der Waals surface area contributed by atoms with Crippen molar-refractivity contribution >= 4 is 33.9 Å². The highest BCUT2D eigenvalue weighted by atomic mass is 32.1. The molecule has 0 saturated carbocycles. The van der Waals surface area contributed by atoms with Gasteiger partial charge < -0.3 is 15.3 Å². The van der Waals surface area contributed by atoms with Crippen molar-refractivity contribution in [3.05, 3.63) is 52.5 Å². The van der Waals surface area contributed by atoms with Gasteiger partial charge in [-0.1, -0.05) is 11.3 Å². The molecule has 8 nitrogen and oxygen atoms in total. The van der Waals surface area contributed by atoms with Crippen molar-refractivity contribution in [2.75, 3.05) is 49.5 Å². The third kappa shape index (κ3) is 6.98. The monoisotopic (exact) mass is 610 g/mol. The Kier molecular flexibility index (Phi) is 8.94. The second kappa shape index (κ2) is 12.5. The number of nitrogens with zero attached hydrogens (tertiary/aromatic N) is 5. The Hall–Kier alpha value is -3.36. The number of anilines is 3. The number of aliphatic carboxylic acids is 1. The lowest BCUT2D eigenvalue weighted by Gasteiger charge is -2.36. The highest BCUT2D eigenvalue weighted by Gasteiger charge is 2.32. The summed E-state index contributed by atoms with van der Waals surface area (Å²) in [4.78, 5) is 26.2. The topological polar surface area (TPSA) is 84.8 Å². The van der Waals surface area contributed by atoms with Gasteiger partial charge >= 0.3 is 12.1 Å². The van der Waals surface area contributed by atoms with E-state index in [-0.39, 0.29) is 34.7 Å². The van der Waals surface area contributed by atoms with E-state index in [4.69, 9.17) is 5.11 Å². The summed E-state index contributed by atoms with van der Waals surface area (Å²) < 4.78 is 70.4. The van der Waals surface area contributed by atoms with Gasteiger partial charge in [0.15, 0.2) is 16.8 Å². The molecule has 0 radical (unpaired) electrons. The SMILES string of the molecule is C[C@@H]1CCCN1Cc1sc(Nc2nccc(N3CCN(CCC(=O)O)CC3)c2F)nc1-c1cc(F)cc(C(F)(F)F)c1. The normalized spacial score (nSPS) is 18.5. The van der Waals surface area contributed by atoms with Crippen molar-refractivity contribution in [3.8, 4) is 11.3 Å². The summed E-state index contributed by atoms with van der Waals surface area (Å²) in [6, 6.07) is 4.20. The van der Waals surface area contributed by atoms with Gasteiger partial charge in [-0.2, -0.15) is 13.2 Å². The second-order valence-corrected chi connectivity index (χ2v) is 11.7. The minimum atomic E-state index is -4.73. The maximum atomic E-state index is 15.7. The van der Waals surface area contributed by atoms with E-state index in [0.717, 1.165) is 31.5 Å². The molecule has 4 heterocycles. The van der Waals surface area contributed by atoms with E-state index in [1.807, 2.05) is 9.80 Å². The molecule has 42 heavy (non-hydrogen) atoms. The first-order chi connectivity index (χ1) is 20.0. The summed E-state index contributed by atoms with van der Waals surface area (Å²) in [6.07, 6.45) is -1.24. The molecule has 2 aliphatic rings. The van der Waals surface area contributed by atoms with Crippen LogP contribution < -0.4 is 10.2 Å². The minimum absolute atomic E-state index is 0.00331. The molecule has 226 valence electrons. The van der Waals surface area contributed by atoms with Gasteiger partial charge in [-0.25, -0.2) is 18.7 Å². The average Bonchev–Trinajstić information content (AvgIpc) is 3.53. The van der Waals surface area contributed by atoms with Gasteiger partial charge in [-0.05, 0) is 50.6 Å². The first-order valence-electron chi connectivity index (χ1n) is 13.7. The molecular formula is C28H31F5N6O2S. The largest absolute Gasteiger partial charge is 0.481 e. The number of carboxylic acids is 1. The van der Waals surface area contributed by atoms with E-state index in [0.29, 0.717) is 55.9 Å². The Balaban J connectivity index is 1.41. The van der Waals surface area contributed by atoms with Crippen LogP contribution >= 0.6 is 11.3 Å². The van der Waals surface area contributed by atoms with E-state index in [1.54, 1.807) is 6.07 Å². The number of nitrogens with one attached hydrogen (secondary N) is 1. The summed E-state index contributed by atoms with van der Waals surface area (Å²) in [6.45, 7) is 5.90. The number of pyridine rings is 1. The lowest BCUT2D eigenvalue weighted by Crippen LogP contribution is -2.47. The molecule has 0 amide bonds. The molecular weight excluding hydrogens is 579 g/mol. The fourth-order valence-corrected chi connectivity index (χ4v) is 6.38. The number of piperazine rings is 1. The Labute approximate surface area is 243 Å². The quantitative estimate of drug-likeness (QED) is 0.293. The number of likely N-dealkylation sites (tertiary alicyclic amines) is 1. The number of halogens is 5. The molecule has 2 N–H and O–H groups in total. The number of carbonyl (C=O) groups is 1. The molecule has 2 saturated heterocycles. The lowest BCUT2D eigenvalue weighted by molar-refractivity contribution is -0.138. The second-order valence-electron chi connectivity index (χ2n) is 10.6. The van der Waals surface area contributed by atoms with Gasteiger partial charge in [0, 0.05) is 61.9 Å². The molecule has 0 spiro atoms. The van der Waals surface area contributed by atoms with Crippen molar-refractivity contribution < 1.29 is 31.9 Å². The third-order valence-corrected chi connectivity index (χ3v) is 8.64. The number of benzene rings is 1. The Morgan fingerprint density at radius 3 is 2.57 bits per heavy atom. The van der Waals surface area contributed by atoms with Crippen molar-refractivity contribution in [1.29, 1.82) is 0 Å². The summed E-state index contributed by atoms with van der Waals surface area (Å²) in [5.74, 6) is -2.58. The number of aromatic nitrogens is 2. The van der Waals surface area contributed by atoms with E-state index < -0.39 is 29.3 Å². The highest BCUT2D eigenvalue weighted by Crippen LogP contribution is 2.39. The standard InChI is InChI=1S/C28H31F5N6O2S/c1-17-3-2-7-39(17)16-22-25(18-13-19(28(31,32)33)15-20(29)14-18)35-27(42-22)36-26-24(30)21(4-6-34-26)38-11-9-37(10-12-38)8-5-23(40)41/h4,6,13-15,17H,2-3,5,7-12,16H2,1H3,(H,40,41)(H,34,35,36)/t17-/m1/s1.